The van der Waals surface area contributed by atoms with E-state index in [0.29, 0.717) is 29.0 Å². The molecule has 5 heteroatoms. The first-order chi connectivity index (χ1) is 10.2. The lowest BCUT2D eigenvalue weighted by atomic mass is 9.76. The fraction of sp³-hybridized carbons (Fsp3) is 0.500. The number of carbonyl (C=O) groups is 1. The first-order valence-corrected chi connectivity index (χ1v) is 7.97. The molecule has 21 heavy (non-hydrogen) atoms. The maximum atomic E-state index is 12.6. The van der Waals surface area contributed by atoms with Crippen LogP contribution in [0.15, 0.2) is 18.2 Å². The smallest absolute Gasteiger partial charge is 0.184 e. The van der Waals surface area contributed by atoms with Crippen molar-refractivity contribution in [1.29, 1.82) is 0 Å². The van der Waals surface area contributed by atoms with Crippen molar-refractivity contribution in [2.75, 3.05) is 19.6 Å². The van der Waals surface area contributed by atoms with E-state index in [9.17, 15) is 4.79 Å². The van der Waals surface area contributed by atoms with E-state index in [1.165, 1.54) is 25.9 Å². The van der Waals surface area contributed by atoms with Gasteiger partial charge in [0.05, 0.1) is 5.52 Å². The van der Waals surface area contributed by atoms with Gasteiger partial charge in [-0.25, -0.2) is 0 Å². The minimum atomic E-state index is 0.141. The number of aromatic amines is 1. The number of piperidine rings is 3. The zero-order valence-electron chi connectivity index (χ0n) is 11.8. The Bertz CT molecular complexity index is 688. The minimum Gasteiger partial charge on any atom is -0.303 e. The summed E-state index contributed by atoms with van der Waals surface area (Å²) in [5.74, 6) is 1.35. The van der Waals surface area contributed by atoms with Gasteiger partial charge in [0, 0.05) is 23.4 Å². The second-order valence-corrected chi connectivity index (χ2v) is 6.72. The van der Waals surface area contributed by atoms with Crippen LogP contribution in [0.25, 0.3) is 10.9 Å². The SMILES string of the molecule is O=C(C[C@H]1CN2CCC1CC2)c1n[nH]c2ccc(Cl)cc12. The Morgan fingerprint density at radius 2 is 2.19 bits per heavy atom. The van der Waals surface area contributed by atoms with Gasteiger partial charge in [-0.15, -0.1) is 0 Å². The highest BCUT2D eigenvalue weighted by molar-refractivity contribution is 6.31. The predicted octanol–water partition coefficient (Wildman–Crippen LogP) is 3.13. The summed E-state index contributed by atoms with van der Waals surface area (Å²) in [6.07, 6.45) is 3.09. The van der Waals surface area contributed by atoms with Crippen LogP contribution in [0.5, 0.6) is 0 Å². The summed E-state index contributed by atoms with van der Waals surface area (Å²) in [6.45, 7) is 3.48. The van der Waals surface area contributed by atoms with Gasteiger partial charge >= 0.3 is 0 Å². The number of ketones is 1. The molecule has 5 rings (SSSR count). The second kappa shape index (κ2) is 5.11. The van der Waals surface area contributed by atoms with Crippen LogP contribution in [-0.2, 0) is 0 Å². The maximum Gasteiger partial charge on any atom is 0.184 e. The summed E-state index contributed by atoms with van der Waals surface area (Å²) in [6, 6.07) is 5.50. The van der Waals surface area contributed by atoms with Gasteiger partial charge in [-0.05, 0) is 56.0 Å². The zero-order valence-corrected chi connectivity index (χ0v) is 12.6. The van der Waals surface area contributed by atoms with Crippen molar-refractivity contribution < 1.29 is 4.79 Å². The Morgan fingerprint density at radius 3 is 2.90 bits per heavy atom. The number of nitrogens with zero attached hydrogens (tertiary/aromatic N) is 2. The van der Waals surface area contributed by atoms with E-state index in [1.807, 2.05) is 18.2 Å². The summed E-state index contributed by atoms with van der Waals surface area (Å²) >= 11 is 6.04. The van der Waals surface area contributed by atoms with Crippen LogP contribution in [0.2, 0.25) is 5.02 Å². The van der Waals surface area contributed by atoms with Crippen LogP contribution in [-0.4, -0.2) is 40.5 Å². The number of carbonyl (C=O) groups excluding carboxylic acids is 1. The molecule has 0 amide bonds. The standard InChI is InChI=1S/C16H18ClN3O/c17-12-1-2-14-13(8-12)16(19-18-14)15(21)7-11-9-20-5-3-10(11)4-6-20/h1-2,8,10-11H,3-7,9H2,(H,18,19)/t11-/m0/s1. The third-order valence-electron chi connectivity index (χ3n) is 5.03. The molecule has 1 atom stereocenters. The zero-order chi connectivity index (χ0) is 14.4. The van der Waals surface area contributed by atoms with Crippen LogP contribution in [0.3, 0.4) is 0 Å². The summed E-state index contributed by atoms with van der Waals surface area (Å²) < 4.78 is 0. The van der Waals surface area contributed by atoms with Crippen molar-refractivity contribution in [2.24, 2.45) is 11.8 Å². The van der Waals surface area contributed by atoms with Gasteiger partial charge in [0.1, 0.15) is 5.69 Å². The molecule has 2 bridgehead atoms. The molecule has 1 aromatic carbocycles. The van der Waals surface area contributed by atoms with Gasteiger partial charge in [-0.3, -0.25) is 9.89 Å². The molecule has 0 aliphatic carbocycles. The molecular weight excluding hydrogens is 286 g/mol. The molecule has 110 valence electrons. The van der Waals surface area contributed by atoms with E-state index in [1.54, 1.807) is 0 Å². The van der Waals surface area contributed by atoms with Gasteiger partial charge in [-0.1, -0.05) is 11.6 Å². The van der Waals surface area contributed by atoms with Gasteiger partial charge in [-0.2, -0.15) is 5.10 Å². The topological polar surface area (TPSA) is 49.0 Å². The van der Waals surface area contributed by atoms with Crippen molar-refractivity contribution in [1.82, 2.24) is 15.1 Å². The fourth-order valence-electron chi connectivity index (χ4n) is 3.85. The molecule has 2 aromatic rings. The average molecular weight is 304 g/mol. The number of hydrogen-bond acceptors (Lipinski definition) is 3. The Hall–Kier alpha value is -1.39. The van der Waals surface area contributed by atoms with E-state index in [0.717, 1.165) is 17.4 Å². The lowest BCUT2D eigenvalue weighted by molar-refractivity contribution is 0.0440. The maximum absolute atomic E-state index is 12.6. The van der Waals surface area contributed by atoms with Crippen molar-refractivity contribution in [3.8, 4) is 0 Å². The van der Waals surface area contributed by atoms with Gasteiger partial charge in [0.25, 0.3) is 0 Å². The summed E-state index contributed by atoms with van der Waals surface area (Å²) in [5, 5.41) is 8.63. The number of hydrogen-bond donors (Lipinski definition) is 1. The predicted molar refractivity (Wildman–Crippen MR) is 82.7 cm³/mol. The molecule has 3 saturated heterocycles. The van der Waals surface area contributed by atoms with Crippen molar-refractivity contribution in [3.05, 3.63) is 28.9 Å². The van der Waals surface area contributed by atoms with Crippen LogP contribution >= 0.6 is 11.6 Å². The number of halogens is 1. The molecule has 4 nitrogen and oxygen atoms in total. The largest absolute Gasteiger partial charge is 0.303 e. The van der Waals surface area contributed by atoms with Crippen molar-refractivity contribution in [3.63, 3.8) is 0 Å². The molecule has 1 N–H and O–H groups in total. The number of Topliss-reactive ketones (excluding diaryl/α,β-unsaturated/α-hetero) is 1. The second-order valence-electron chi connectivity index (χ2n) is 6.29. The van der Waals surface area contributed by atoms with Crippen LogP contribution < -0.4 is 0 Å². The third kappa shape index (κ3) is 2.36. The highest BCUT2D eigenvalue weighted by Crippen LogP contribution is 2.35. The van der Waals surface area contributed by atoms with E-state index in [2.05, 4.69) is 15.1 Å². The van der Waals surface area contributed by atoms with Crippen LogP contribution in [0.1, 0.15) is 29.8 Å². The number of benzene rings is 1. The Morgan fingerprint density at radius 1 is 1.38 bits per heavy atom. The summed E-state index contributed by atoms with van der Waals surface area (Å²) in [4.78, 5) is 15.1. The summed E-state index contributed by atoms with van der Waals surface area (Å²) in [5.41, 5.74) is 1.42. The molecule has 0 radical (unpaired) electrons. The average Bonchev–Trinajstić information content (AvgIpc) is 2.91. The van der Waals surface area contributed by atoms with Gasteiger partial charge in [0.2, 0.25) is 0 Å². The number of nitrogens with one attached hydrogen (secondary N) is 1. The first-order valence-electron chi connectivity index (χ1n) is 7.60. The van der Waals surface area contributed by atoms with E-state index in [-0.39, 0.29) is 5.78 Å². The molecule has 1 aromatic heterocycles. The van der Waals surface area contributed by atoms with Gasteiger partial charge in [0.15, 0.2) is 5.78 Å². The van der Waals surface area contributed by atoms with Crippen LogP contribution in [0, 0.1) is 11.8 Å². The minimum absolute atomic E-state index is 0.141. The lowest BCUT2D eigenvalue weighted by Crippen LogP contribution is -2.47. The number of rotatable bonds is 3. The molecular formula is C16H18ClN3O. The quantitative estimate of drug-likeness (QED) is 0.886. The molecule has 0 unspecified atom stereocenters. The van der Waals surface area contributed by atoms with Crippen LogP contribution in [0.4, 0.5) is 0 Å². The number of H-pyrrole nitrogens is 1. The first kappa shape index (κ1) is 13.3. The fourth-order valence-corrected chi connectivity index (χ4v) is 4.02. The molecule has 0 spiro atoms. The van der Waals surface area contributed by atoms with E-state index >= 15 is 0 Å². The normalized spacial score (nSPS) is 28.1. The monoisotopic (exact) mass is 303 g/mol. The summed E-state index contributed by atoms with van der Waals surface area (Å²) in [7, 11) is 0. The van der Waals surface area contributed by atoms with Gasteiger partial charge < -0.3 is 4.90 Å². The lowest BCUT2D eigenvalue weighted by Gasteiger charge is -2.44. The number of aromatic nitrogens is 2. The highest BCUT2D eigenvalue weighted by atomic mass is 35.5. The van der Waals surface area contributed by atoms with E-state index < -0.39 is 0 Å². The highest BCUT2D eigenvalue weighted by Gasteiger charge is 2.35. The Balaban J connectivity index is 1.57. The Labute approximate surface area is 128 Å². The molecule has 3 fully saturated rings. The number of fused-ring (bicyclic) bond motifs is 4. The molecule has 0 saturated carbocycles. The molecule has 3 aliphatic heterocycles. The van der Waals surface area contributed by atoms with Crippen molar-refractivity contribution in [2.45, 2.75) is 19.3 Å². The third-order valence-corrected chi connectivity index (χ3v) is 5.26. The Kier molecular flexibility index (Phi) is 3.23. The molecule has 4 heterocycles. The molecule has 3 aliphatic rings. The van der Waals surface area contributed by atoms with E-state index in [4.69, 9.17) is 11.6 Å². The van der Waals surface area contributed by atoms with Crippen molar-refractivity contribution >= 4 is 28.3 Å².